The third kappa shape index (κ3) is 4.79. The summed E-state index contributed by atoms with van der Waals surface area (Å²) in [4.78, 5) is 11.8. The van der Waals surface area contributed by atoms with Crippen LogP contribution in [-0.2, 0) is 13.0 Å². The number of nitrogens with one attached hydrogen (secondary N) is 2. The lowest BCUT2D eigenvalue weighted by molar-refractivity contribution is 0.174. The number of benzene rings is 2. The average molecular weight is 342 g/mol. The number of aryl methyl sites for hydroxylation is 1. The molecule has 2 N–H and O–H groups in total. The van der Waals surface area contributed by atoms with Crippen LogP contribution >= 0.6 is 0 Å². The smallest absolute Gasteiger partial charge is 0.317 e. The maximum atomic E-state index is 11.8. The predicted octanol–water partition coefficient (Wildman–Crippen LogP) is 3.20. The molecule has 0 bridgehead atoms. The highest BCUT2D eigenvalue weighted by Crippen LogP contribution is 2.32. The standard InChI is InChI=1S/C19H22N2O4/c1-2-3-14-4-7-16(8-5-14)23-12-21-19(22)20-11-15-6-9-17-18(10-15)25-13-24-17/h4-10H,2-3,11-13H2,1H3,(H2,20,21,22). The molecule has 0 unspecified atom stereocenters. The van der Waals surface area contributed by atoms with Gasteiger partial charge in [-0.05, 0) is 41.8 Å². The van der Waals surface area contributed by atoms with Crippen LogP contribution in [-0.4, -0.2) is 19.6 Å². The molecule has 1 heterocycles. The first-order valence-electron chi connectivity index (χ1n) is 8.36. The molecule has 0 fully saturated rings. The summed E-state index contributed by atoms with van der Waals surface area (Å²) in [5, 5.41) is 5.44. The third-order valence-corrected chi connectivity index (χ3v) is 3.82. The zero-order chi connectivity index (χ0) is 17.5. The van der Waals surface area contributed by atoms with E-state index in [1.54, 1.807) is 0 Å². The van der Waals surface area contributed by atoms with Crippen LogP contribution in [0.1, 0.15) is 24.5 Å². The van der Waals surface area contributed by atoms with E-state index in [2.05, 4.69) is 17.6 Å². The Bertz CT molecular complexity index is 716. The molecule has 0 saturated carbocycles. The summed E-state index contributed by atoms with van der Waals surface area (Å²) in [6.07, 6.45) is 2.17. The number of carbonyl (C=O) groups excluding carboxylic acids is 1. The Morgan fingerprint density at radius 1 is 1.04 bits per heavy atom. The van der Waals surface area contributed by atoms with Crippen molar-refractivity contribution in [1.82, 2.24) is 10.6 Å². The van der Waals surface area contributed by atoms with Crippen molar-refractivity contribution in [2.24, 2.45) is 0 Å². The number of fused-ring (bicyclic) bond motifs is 1. The van der Waals surface area contributed by atoms with Gasteiger partial charge >= 0.3 is 6.03 Å². The second-order valence-corrected chi connectivity index (χ2v) is 5.73. The van der Waals surface area contributed by atoms with Gasteiger partial charge in [0.1, 0.15) is 5.75 Å². The minimum absolute atomic E-state index is 0.111. The van der Waals surface area contributed by atoms with Crippen LogP contribution in [0.2, 0.25) is 0 Å². The molecule has 0 spiro atoms. The van der Waals surface area contributed by atoms with Gasteiger partial charge in [0, 0.05) is 6.54 Å². The second kappa shape index (κ2) is 8.28. The zero-order valence-corrected chi connectivity index (χ0v) is 14.2. The van der Waals surface area contributed by atoms with Gasteiger partial charge in [-0.3, -0.25) is 0 Å². The van der Waals surface area contributed by atoms with Crippen molar-refractivity contribution in [3.8, 4) is 17.2 Å². The molecule has 1 aliphatic rings. The predicted molar refractivity (Wildman–Crippen MR) is 93.9 cm³/mol. The van der Waals surface area contributed by atoms with E-state index in [4.69, 9.17) is 14.2 Å². The Labute approximate surface area is 147 Å². The van der Waals surface area contributed by atoms with Gasteiger partial charge in [0.25, 0.3) is 0 Å². The first kappa shape index (κ1) is 17.0. The minimum atomic E-state index is -0.291. The summed E-state index contributed by atoms with van der Waals surface area (Å²) in [5.74, 6) is 2.16. The van der Waals surface area contributed by atoms with Crippen LogP contribution in [0.4, 0.5) is 4.79 Å². The summed E-state index contributed by atoms with van der Waals surface area (Å²) in [6.45, 7) is 2.90. The molecule has 0 aliphatic carbocycles. The monoisotopic (exact) mass is 342 g/mol. The molecule has 132 valence electrons. The lowest BCUT2D eigenvalue weighted by atomic mass is 10.1. The summed E-state index contributed by atoms with van der Waals surface area (Å²) in [5.41, 5.74) is 2.22. The van der Waals surface area contributed by atoms with Crippen LogP contribution in [0.3, 0.4) is 0 Å². The number of amides is 2. The topological polar surface area (TPSA) is 68.8 Å². The van der Waals surface area contributed by atoms with E-state index in [9.17, 15) is 4.79 Å². The minimum Gasteiger partial charge on any atom is -0.473 e. The lowest BCUT2D eigenvalue weighted by Gasteiger charge is -2.10. The number of hydrogen-bond acceptors (Lipinski definition) is 4. The first-order chi connectivity index (χ1) is 12.2. The van der Waals surface area contributed by atoms with Crippen molar-refractivity contribution in [2.75, 3.05) is 13.5 Å². The van der Waals surface area contributed by atoms with Gasteiger partial charge in [-0.15, -0.1) is 0 Å². The normalized spacial score (nSPS) is 11.9. The number of urea groups is 1. The van der Waals surface area contributed by atoms with Gasteiger partial charge in [0.2, 0.25) is 6.79 Å². The molecule has 1 aliphatic heterocycles. The molecule has 2 amide bonds. The average Bonchev–Trinajstić information content (AvgIpc) is 3.09. The van der Waals surface area contributed by atoms with E-state index < -0.39 is 0 Å². The number of rotatable bonds is 7. The number of ether oxygens (including phenoxy) is 3. The fourth-order valence-electron chi connectivity index (χ4n) is 2.52. The molecule has 0 atom stereocenters. The Hall–Kier alpha value is -2.89. The van der Waals surface area contributed by atoms with E-state index in [0.717, 1.165) is 29.9 Å². The van der Waals surface area contributed by atoms with E-state index in [1.165, 1.54) is 5.56 Å². The highest BCUT2D eigenvalue weighted by Gasteiger charge is 2.13. The molecule has 2 aromatic rings. The summed E-state index contributed by atoms with van der Waals surface area (Å²) in [6, 6.07) is 13.2. The Balaban J connectivity index is 1.38. The number of hydrogen-bond donors (Lipinski definition) is 2. The third-order valence-electron chi connectivity index (χ3n) is 3.82. The van der Waals surface area contributed by atoms with Crippen LogP contribution in [0.5, 0.6) is 17.2 Å². The highest BCUT2D eigenvalue weighted by molar-refractivity contribution is 5.73. The van der Waals surface area contributed by atoms with E-state index in [1.807, 2.05) is 42.5 Å². The highest BCUT2D eigenvalue weighted by atomic mass is 16.7. The Morgan fingerprint density at radius 2 is 1.80 bits per heavy atom. The van der Waals surface area contributed by atoms with Crippen molar-refractivity contribution < 1.29 is 19.0 Å². The summed E-state index contributed by atoms with van der Waals surface area (Å²) >= 11 is 0. The fourth-order valence-corrected chi connectivity index (χ4v) is 2.52. The van der Waals surface area contributed by atoms with Gasteiger partial charge in [-0.25, -0.2) is 4.79 Å². The molecular formula is C19H22N2O4. The first-order valence-corrected chi connectivity index (χ1v) is 8.36. The number of carbonyl (C=O) groups is 1. The Morgan fingerprint density at radius 3 is 2.60 bits per heavy atom. The molecule has 0 saturated heterocycles. The van der Waals surface area contributed by atoms with Gasteiger partial charge < -0.3 is 24.8 Å². The Kier molecular flexibility index (Phi) is 5.61. The van der Waals surface area contributed by atoms with Crippen molar-refractivity contribution >= 4 is 6.03 Å². The van der Waals surface area contributed by atoms with Gasteiger partial charge in [0.15, 0.2) is 18.2 Å². The SMILES string of the molecule is CCCc1ccc(OCNC(=O)NCc2ccc3c(c2)OCO3)cc1. The van der Waals surface area contributed by atoms with E-state index >= 15 is 0 Å². The van der Waals surface area contributed by atoms with Crippen molar-refractivity contribution in [1.29, 1.82) is 0 Å². The molecule has 6 nitrogen and oxygen atoms in total. The zero-order valence-electron chi connectivity index (χ0n) is 14.2. The fraction of sp³-hybridized carbons (Fsp3) is 0.316. The van der Waals surface area contributed by atoms with Crippen molar-refractivity contribution in [3.63, 3.8) is 0 Å². The van der Waals surface area contributed by atoms with E-state index in [-0.39, 0.29) is 19.6 Å². The van der Waals surface area contributed by atoms with Crippen LogP contribution < -0.4 is 24.8 Å². The summed E-state index contributed by atoms with van der Waals surface area (Å²) < 4.78 is 16.1. The maximum absolute atomic E-state index is 11.8. The largest absolute Gasteiger partial charge is 0.473 e. The molecule has 0 radical (unpaired) electrons. The molecule has 6 heteroatoms. The summed E-state index contributed by atoms with van der Waals surface area (Å²) in [7, 11) is 0. The van der Waals surface area contributed by atoms with Crippen molar-refractivity contribution in [3.05, 3.63) is 53.6 Å². The van der Waals surface area contributed by atoms with Crippen LogP contribution in [0.25, 0.3) is 0 Å². The van der Waals surface area contributed by atoms with Gasteiger partial charge in [-0.2, -0.15) is 0 Å². The maximum Gasteiger partial charge on any atom is 0.317 e. The molecular weight excluding hydrogens is 320 g/mol. The quantitative estimate of drug-likeness (QED) is 0.758. The van der Waals surface area contributed by atoms with Crippen molar-refractivity contribution in [2.45, 2.75) is 26.3 Å². The molecule has 3 rings (SSSR count). The molecule has 0 aromatic heterocycles. The van der Waals surface area contributed by atoms with E-state index in [0.29, 0.717) is 12.3 Å². The van der Waals surface area contributed by atoms with Gasteiger partial charge in [0.05, 0.1) is 0 Å². The second-order valence-electron chi connectivity index (χ2n) is 5.73. The van der Waals surface area contributed by atoms with Gasteiger partial charge in [-0.1, -0.05) is 31.5 Å². The molecule has 25 heavy (non-hydrogen) atoms. The molecule has 2 aromatic carbocycles. The van der Waals surface area contributed by atoms with Crippen LogP contribution in [0, 0.1) is 0 Å². The lowest BCUT2D eigenvalue weighted by Crippen LogP contribution is -2.37. The van der Waals surface area contributed by atoms with Crippen LogP contribution in [0.15, 0.2) is 42.5 Å².